The number of hydrogen-bond acceptors (Lipinski definition) is 6. The number of halogens is 2. The minimum absolute atomic E-state index is 0.0351. The van der Waals surface area contributed by atoms with Crippen molar-refractivity contribution in [1.82, 2.24) is 4.98 Å². The van der Waals surface area contributed by atoms with Crippen LogP contribution in [0.25, 0.3) is 11.3 Å². The van der Waals surface area contributed by atoms with E-state index < -0.39 is 15.9 Å². The van der Waals surface area contributed by atoms with Gasteiger partial charge in [0.2, 0.25) is 0 Å². The molecule has 0 aliphatic carbocycles. The number of nitrogens with zero attached hydrogens (tertiary/aromatic N) is 1. The molecule has 0 atom stereocenters. The fourth-order valence-corrected chi connectivity index (χ4v) is 5.34. The van der Waals surface area contributed by atoms with Crippen LogP contribution in [-0.4, -0.2) is 26.4 Å². The summed E-state index contributed by atoms with van der Waals surface area (Å²) in [6.07, 6.45) is 0. The zero-order chi connectivity index (χ0) is 24.3. The maximum atomic E-state index is 13.0. The van der Waals surface area contributed by atoms with Gasteiger partial charge in [0.05, 0.1) is 34.0 Å². The quantitative estimate of drug-likeness (QED) is 0.295. The van der Waals surface area contributed by atoms with Crippen LogP contribution in [0.3, 0.4) is 0 Å². The van der Waals surface area contributed by atoms with Crippen LogP contribution < -0.4 is 14.8 Å². The number of aromatic nitrogens is 1. The molecule has 0 saturated carbocycles. The Labute approximate surface area is 210 Å². The lowest BCUT2D eigenvalue weighted by atomic mass is 10.2. The van der Waals surface area contributed by atoms with Crippen molar-refractivity contribution in [3.8, 4) is 17.0 Å². The molecule has 7 nitrogen and oxygen atoms in total. The second-order valence-electron chi connectivity index (χ2n) is 6.94. The molecule has 0 spiro atoms. The predicted molar refractivity (Wildman–Crippen MR) is 136 cm³/mol. The Morgan fingerprint density at radius 2 is 1.76 bits per heavy atom. The Hall–Kier alpha value is -3.11. The predicted octanol–water partition coefficient (Wildman–Crippen LogP) is 6.18. The van der Waals surface area contributed by atoms with E-state index in [0.717, 1.165) is 0 Å². The van der Waals surface area contributed by atoms with Gasteiger partial charge in [-0.15, -0.1) is 11.3 Å². The van der Waals surface area contributed by atoms with Crippen LogP contribution in [0.5, 0.6) is 5.75 Å². The van der Waals surface area contributed by atoms with Gasteiger partial charge in [0.1, 0.15) is 5.75 Å². The summed E-state index contributed by atoms with van der Waals surface area (Å²) in [7, 11) is -2.44. The average molecular weight is 534 g/mol. The SMILES string of the molecule is COc1ccc(S(=O)(=O)Nc2ccccc2C(=O)Nc2nc(-c3ccc(Cl)cc3Cl)cs2)cc1. The molecular weight excluding hydrogens is 517 g/mol. The molecule has 0 aliphatic heterocycles. The summed E-state index contributed by atoms with van der Waals surface area (Å²) in [6.45, 7) is 0. The first-order valence-corrected chi connectivity index (χ1v) is 12.9. The molecule has 0 aliphatic rings. The number of ether oxygens (including phenoxy) is 1. The molecule has 3 aromatic carbocycles. The van der Waals surface area contributed by atoms with Crippen molar-refractivity contribution >= 4 is 61.3 Å². The van der Waals surface area contributed by atoms with Crippen LogP contribution in [0.4, 0.5) is 10.8 Å². The fourth-order valence-electron chi connectivity index (χ4n) is 3.05. The Balaban J connectivity index is 1.54. The maximum absolute atomic E-state index is 13.0. The third-order valence-corrected chi connectivity index (χ3v) is 7.40. The van der Waals surface area contributed by atoms with Gasteiger partial charge < -0.3 is 4.74 Å². The highest BCUT2D eigenvalue weighted by atomic mass is 35.5. The summed E-state index contributed by atoms with van der Waals surface area (Å²) in [5.74, 6) is 0.0116. The lowest BCUT2D eigenvalue weighted by molar-refractivity contribution is 0.102. The van der Waals surface area contributed by atoms with E-state index in [2.05, 4.69) is 15.0 Å². The summed E-state index contributed by atoms with van der Waals surface area (Å²) in [5.41, 5.74) is 1.53. The number of anilines is 2. The highest BCUT2D eigenvalue weighted by Crippen LogP contribution is 2.32. The fraction of sp³-hybridized carbons (Fsp3) is 0.0435. The molecule has 34 heavy (non-hydrogen) atoms. The number of benzene rings is 3. The van der Waals surface area contributed by atoms with E-state index in [9.17, 15) is 13.2 Å². The Morgan fingerprint density at radius 1 is 1.03 bits per heavy atom. The first-order valence-electron chi connectivity index (χ1n) is 9.75. The smallest absolute Gasteiger partial charge is 0.261 e. The number of sulfonamides is 1. The average Bonchev–Trinajstić information content (AvgIpc) is 3.27. The number of carbonyl (C=O) groups excluding carboxylic acids is 1. The molecule has 4 aromatic rings. The van der Waals surface area contributed by atoms with Crippen LogP contribution in [0.15, 0.2) is 77.0 Å². The summed E-state index contributed by atoms with van der Waals surface area (Å²) < 4.78 is 33.2. The third kappa shape index (κ3) is 5.34. The number of para-hydroxylation sites is 1. The molecular formula is C23H17Cl2N3O4S2. The summed E-state index contributed by atoms with van der Waals surface area (Å²) >= 11 is 13.4. The number of thiazole rings is 1. The molecule has 174 valence electrons. The van der Waals surface area contributed by atoms with Gasteiger partial charge in [-0.1, -0.05) is 35.3 Å². The summed E-state index contributed by atoms with van der Waals surface area (Å²) in [4.78, 5) is 17.4. The zero-order valence-electron chi connectivity index (χ0n) is 17.6. The van der Waals surface area contributed by atoms with Gasteiger partial charge in [0, 0.05) is 16.0 Å². The monoisotopic (exact) mass is 533 g/mol. The minimum atomic E-state index is -3.93. The highest BCUT2D eigenvalue weighted by Gasteiger charge is 2.20. The zero-order valence-corrected chi connectivity index (χ0v) is 20.7. The molecule has 0 unspecified atom stereocenters. The largest absolute Gasteiger partial charge is 0.497 e. The van der Waals surface area contributed by atoms with Crippen molar-refractivity contribution < 1.29 is 17.9 Å². The second kappa shape index (κ2) is 10.0. The maximum Gasteiger partial charge on any atom is 0.261 e. The van der Waals surface area contributed by atoms with Crippen molar-refractivity contribution in [3.05, 3.63) is 87.7 Å². The molecule has 0 saturated heterocycles. The van der Waals surface area contributed by atoms with E-state index in [1.807, 2.05) is 0 Å². The van der Waals surface area contributed by atoms with Crippen molar-refractivity contribution in [3.63, 3.8) is 0 Å². The van der Waals surface area contributed by atoms with Gasteiger partial charge in [-0.05, 0) is 54.6 Å². The van der Waals surface area contributed by atoms with Crippen LogP contribution in [0.1, 0.15) is 10.4 Å². The van der Waals surface area contributed by atoms with Crippen LogP contribution in [0, 0.1) is 0 Å². The molecule has 0 fully saturated rings. The first-order chi connectivity index (χ1) is 16.3. The van der Waals surface area contributed by atoms with E-state index in [1.54, 1.807) is 47.8 Å². The molecule has 0 radical (unpaired) electrons. The van der Waals surface area contributed by atoms with Crippen molar-refractivity contribution in [2.45, 2.75) is 4.90 Å². The van der Waals surface area contributed by atoms with Gasteiger partial charge in [0.15, 0.2) is 5.13 Å². The molecule has 1 amide bonds. The summed E-state index contributed by atoms with van der Waals surface area (Å²) in [5, 5.41) is 5.74. The van der Waals surface area contributed by atoms with E-state index in [0.29, 0.717) is 32.2 Å². The van der Waals surface area contributed by atoms with Crippen LogP contribution in [-0.2, 0) is 10.0 Å². The number of amides is 1. The van der Waals surface area contributed by atoms with Gasteiger partial charge in [-0.3, -0.25) is 14.8 Å². The van der Waals surface area contributed by atoms with Crippen molar-refractivity contribution in [2.75, 3.05) is 17.1 Å². The molecule has 2 N–H and O–H groups in total. The minimum Gasteiger partial charge on any atom is -0.497 e. The topological polar surface area (TPSA) is 97.4 Å². The lowest BCUT2D eigenvalue weighted by Crippen LogP contribution is -2.18. The van der Waals surface area contributed by atoms with E-state index >= 15 is 0 Å². The molecule has 1 heterocycles. The molecule has 1 aromatic heterocycles. The van der Waals surface area contributed by atoms with E-state index in [-0.39, 0.29) is 16.1 Å². The Bertz CT molecular complexity index is 1460. The lowest BCUT2D eigenvalue weighted by Gasteiger charge is -2.12. The highest BCUT2D eigenvalue weighted by molar-refractivity contribution is 7.92. The van der Waals surface area contributed by atoms with Gasteiger partial charge >= 0.3 is 0 Å². The number of hydrogen-bond donors (Lipinski definition) is 2. The molecule has 11 heteroatoms. The summed E-state index contributed by atoms with van der Waals surface area (Å²) in [6, 6.07) is 17.3. The van der Waals surface area contributed by atoms with E-state index in [4.69, 9.17) is 27.9 Å². The van der Waals surface area contributed by atoms with E-state index in [1.165, 1.54) is 42.7 Å². The number of rotatable bonds is 7. The number of methoxy groups -OCH3 is 1. The second-order valence-corrected chi connectivity index (χ2v) is 10.3. The van der Waals surface area contributed by atoms with Crippen molar-refractivity contribution in [1.29, 1.82) is 0 Å². The number of carbonyl (C=O) groups is 1. The Morgan fingerprint density at radius 3 is 2.47 bits per heavy atom. The van der Waals surface area contributed by atoms with Gasteiger partial charge in [0.25, 0.3) is 15.9 Å². The van der Waals surface area contributed by atoms with Crippen LogP contribution >= 0.6 is 34.5 Å². The Kier molecular flexibility index (Phi) is 7.08. The standard InChI is InChI=1S/C23H17Cl2N3O4S2/c1-32-15-7-9-16(10-8-15)34(30,31)28-20-5-3-2-4-18(20)22(29)27-23-26-21(13-33-23)17-11-6-14(24)12-19(17)25/h2-13,28H,1H3,(H,26,27,29). The van der Waals surface area contributed by atoms with Crippen molar-refractivity contribution in [2.24, 2.45) is 0 Å². The van der Waals surface area contributed by atoms with Gasteiger partial charge in [-0.2, -0.15) is 0 Å². The number of nitrogens with one attached hydrogen (secondary N) is 2. The van der Waals surface area contributed by atoms with Gasteiger partial charge in [-0.25, -0.2) is 13.4 Å². The molecule has 4 rings (SSSR count). The first kappa shape index (κ1) is 24.0. The third-order valence-electron chi connectivity index (χ3n) is 4.72. The van der Waals surface area contributed by atoms with Crippen LogP contribution in [0.2, 0.25) is 10.0 Å². The normalized spacial score (nSPS) is 11.1. The molecule has 0 bridgehead atoms.